The lowest BCUT2D eigenvalue weighted by Gasteiger charge is -2.30. The zero-order valence-electron chi connectivity index (χ0n) is 22.4. The van der Waals surface area contributed by atoms with E-state index in [1.165, 1.54) is 23.9 Å². The van der Waals surface area contributed by atoms with Crippen LogP contribution in [0.15, 0.2) is 72.8 Å². The Morgan fingerprint density at radius 3 is 2.39 bits per heavy atom. The van der Waals surface area contributed by atoms with Gasteiger partial charge in [-0.1, -0.05) is 53.6 Å². The number of aromatic nitrogens is 2. The molecule has 2 aliphatic heterocycles. The number of fused-ring (bicyclic) bond motifs is 1. The van der Waals surface area contributed by atoms with Crippen LogP contribution in [-0.2, 0) is 14.3 Å². The largest absolute Gasteiger partial charge is 0.378 e. The molecule has 0 aliphatic carbocycles. The van der Waals surface area contributed by atoms with E-state index in [4.69, 9.17) is 21.4 Å². The molecule has 0 radical (unpaired) electrons. The van der Waals surface area contributed by atoms with Gasteiger partial charge in [0.05, 0.1) is 35.6 Å². The maximum Gasteiger partial charge on any atom is 0.242 e. The Kier molecular flexibility index (Phi) is 7.84. The van der Waals surface area contributed by atoms with Gasteiger partial charge in [0.1, 0.15) is 18.2 Å². The van der Waals surface area contributed by atoms with Crippen molar-refractivity contribution in [1.82, 2.24) is 14.7 Å². The lowest BCUT2D eigenvalue weighted by molar-refractivity contribution is -0.134. The third-order valence-corrected chi connectivity index (χ3v) is 8.82. The topological polar surface area (TPSA) is 67.7 Å². The number of ether oxygens (including phenoxy) is 1. The Morgan fingerprint density at radius 2 is 1.71 bits per heavy atom. The number of amides is 2. The van der Waals surface area contributed by atoms with Gasteiger partial charge >= 0.3 is 0 Å². The molecule has 0 N–H and O–H groups in total. The van der Waals surface area contributed by atoms with Crippen LogP contribution >= 0.6 is 23.4 Å². The molecule has 3 heterocycles. The van der Waals surface area contributed by atoms with Crippen molar-refractivity contribution in [2.24, 2.45) is 0 Å². The summed E-state index contributed by atoms with van der Waals surface area (Å²) in [5.74, 6) is -0.0125. The van der Waals surface area contributed by atoms with E-state index in [9.17, 15) is 14.0 Å². The van der Waals surface area contributed by atoms with Crippen LogP contribution < -0.4 is 4.90 Å². The molecular weight excluding hydrogens is 563 g/mol. The fourth-order valence-electron chi connectivity index (χ4n) is 5.15. The van der Waals surface area contributed by atoms with Gasteiger partial charge < -0.3 is 9.64 Å². The summed E-state index contributed by atoms with van der Waals surface area (Å²) in [5.41, 5.74) is 4.94. The number of carbonyl (C=O) groups is 2. The molecule has 1 fully saturated rings. The molecule has 0 bridgehead atoms. The molecule has 4 aromatic rings. The summed E-state index contributed by atoms with van der Waals surface area (Å²) in [6.07, 6.45) is 0. The Balaban J connectivity index is 1.58. The van der Waals surface area contributed by atoms with Crippen molar-refractivity contribution in [2.75, 3.05) is 43.5 Å². The van der Waals surface area contributed by atoms with Crippen LogP contribution in [0.5, 0.6) is 0 Å². The number of halogens is 2. The number of anilines is 1. The first-order valence-corrected chi connectivity index (χ1v) is 14.8. The number of hydrogen-bond donors (Lipinski definition) is 0. The normalized spacial score (nSPS) is 17.3. The van der Waals surface area contributed by atoms with E-state index in [1.807, 2.05) is 43.3 Å². The lowest BCUT2D eigenvalue weighted by atomic mass is 9.99. The Bertz CT molecular complexity index is 1570. The lowest BCUT2D eigenvalue weighted by Crippen LogP contribution is -2.48. The monoisotopic (exact) mass is 590 g/mol. The van der Waals surface area contributed by atoms with Crippen molar-refractivity contribution in [2.45, 2.75) is 12.2 Å². The molecule has 0 spiro atoms. The summed E-state index contributed by atoms with van der Waals surface area (Å²) < 4.78 is 21.1. The highest BCUT2D eigenvalue weighted by molar-refractivity contribution is 8.00. The average molecular weight is 591 g/mol. The molecule has 41 heavy (non-hydrogen) atoms. The van der Waals surface area contributed by atoms with Gasteiger partial charge in [0, 0.05) is 29.2 Å². The Morgan fingerprint density at radius 1 is 1.02 bits per heavy atom. The zero-order valence-corrected chi connectivity index (χ0v) is 24.0. The number of morpholine rings is 1. The first kappa shape index (κ1) is 27.5. The number of hydrogen-bond acceptors (Lipinski definition) is 5. The van der Waals surface area contributed by atoms with Crippen molar-refractivity contribution in [3.8, 4) is 16.9 Å². The van der Waals surface area contributed by atoms with E-state index < -0.39 is 0 Å². The summed E-state index contributed by atoms with van der Waals surface area (Å²) in [7, 11) is 0. The van der Waals surface area contributed by atoms with Gasteiger partial charge in [0.25, 0.3) is 0 Å². The van der Waals surface area contributed by atoms with E-state index in [2.05, 4.69) is 0 Å². The van der Waals surface area contributed by atoms with Crippen molar-refractivity contribution >= 4 is 41.0 Å². The van der Waals surface area contributed by atoms with Gasteiger partial charge in [-0.2, -0.15) is 5.10 Å². The highest BCUT2D eigenvalue weighted by Gasteiger charge is 2.38. The SMILES string of the molecule is Cc1ccc(-n2nc(-c3ccc(Cl)cc3)c3c2N(CC(=O)N2CCOCC2)C(=O)CS[C@H]3c2ccc(F)cc2)cc1. The Hall–Kier alpha value is -3.66. The molecule has 210 valence electrons. The molecule has 10 heteroatoms. The first-order chi connectivity index (χ1) is 19.9. The molecule has 2 aliphatic rings. The van der Waals surface area contributed by atoms with E-state index in [-0.39, 0.29) is 35.2 Å². The second-order valence-electron chi connectivity index (χ2n) is 10.1. The van der Waals surface area contributed by atoms with Crippen molar-refractivity contribution in [1.29, 1.82) is 0 Å². The van der Waals surface area contributed by atoms with E-state index in [0.29, 0.717) is 42.8 Å². The number of aryl methyl sites for hydroxylation is 1. The number of nitrogens with zero attached hydrogens (tertiary/aromatic N) is 4. The molecule has 6 rings (SSSR count). The standard InChI is InChI=1S/C31H28ClFN4O3S/c1-20-2-12-25(13-3-20)37-31-28(29(34-37)21-4-8-23(32)9-5-21)30(22-6-10-24(33)11-7-22)41-19-27(39)36(31)18-26(38)35-14-16-40-17-15-35/h2-13,30H,14-19H2,1H3/t30-/m0/s1. The summed E-state index contributed by atoms with van der Waals surface area (Å²) in [6.45, 7) is 3.78. The number of benzene rings is 3. The van der Waals surface area contributed by atoms with Gasteiger partial charge in [0.2, 0.25) is 11.8 Å². The van der Waals surface area contributed by atoms with Gasteiger partial charge in [-0.15, -0.1) is 11.8 Å². The maximum absolute atomic E-state index is 14.0. The molecule has 1 atom stereocenters. The fourth-order valence-corrected chi connectivity index (χ4v) is 6.48. The second-order valence-corrected chi connectivity index (χ2v) is 11.6. The van der Waals surface area contributed by atoms with Gasteiger partial charge in [-0.3, -0.25) is 14.5 Å². The van der Waals surface area contributed by atoms with E-state index >= 15 is 0 Å². The first-order valence-electron chi connectivity index (χ1n) is 13.4. The van der Waals surface area contributed by atoms with Crippen molar-refractivity contribution in [3.05, 3.63) is 100 Å². The number of thioether (sulfide) groups is 1. The van der Waals surface area contributed by atoms with E-state index in [0.717, 1.165) is 27.9 Å². The molecule has 2 amide bonds. The van der Waals surface area contributed by atoms with Crippen LogP contribution in [0.4, 0.5) is 10.2 Å². The number of carbonyl (C=O) groups excluding carboxylic acids is 2. The molecular formula is C31H28ClFN4O3S. The van der Waals surface area contributed by atoms with Crippen molar-refractivity contribution in [3.63, 3.8) is 0 Å². The summed E-state index contributed by atoms with van der Waals surface area (Å²) >= 11 is 7.67. The van der Waals surface area contributed by atoms with Crippen LogP contribution in [0.1, 0.15) is 21.9 Å². The molecule has 0 saturated carbocycles. The van der Waals surface area contributed by atoms with Gasteiger partial charge in [0.15, 0.2) is 0 Å². The van der Waals surface area contributed by atoms with Crippen LogP contribution in [0, 0.1) is 12.7 Å². The van der Waals surface area contributed by atoms with Crippen LogP contribution in [-0.4, -0.2) is 65.1 Å². The zero-order chi connectivity index (χ0) is 28.5. The summed E-state index contributed by atoms with van der Waals surface area (Å²) in [4.78, 5) is 30.7. The highest BCUT2D eigenvalue weighted by Crippen LogP contribution is 2.48. The molecule has 7 nitrogen and oxygen atoms in total. The summed E-state index contributed by atoms with van der Waals surface area (Å²) in [6, 6.07) is 21.6. The minimum absolute atomic E-state index is 0.125. The predicted molar refractivity (Wildman–Crippen MR) is 159 cm³/mol. The average Bonchev–Trinajstić information content (AvgIpc) is 3.31. The molecule has 0 unspecified atom stereocenters. The van der Waals surface area contributed by atoms with Crippen LogP contribution in [0.2, 0.25) is 5.02 Å². The molecule has 1 saturated heterocycles. The molecule has 3 aromatic carbocycles. The fraction of sp³-hybridized carbons (Fsp3) is 0.258. The highest BCUT2D eigenvalue weighted by atomic mass is 35.5. The number of rotatable bonds is 5. The van der Waals surface area contributed by atoms with E-state index in [1.54, 1.807) is 38.7 Å². The van der Waals surface area contributed by atoms with Crippen LogP contribution in [0.25, 0.3) is 16.9 Å². The minimum atomic E-state index is -0.345. The predicted octanol–water partition coefficient (Wildman–Crippen LogP) is 5.67. The van der Waals surface area contributed by atoms with Gasteiger partial charge in [-0.05, 0) is 48.9 Å². The quantitative estimate of drug-likeness (QED) is 0.300. The second kappa shape index (κ2) is 11.7. The van der Waals surface area contributed by atoms with Gasteiger partial charge in [-0.25, -0.2) is 9.07 Å². The Labute approximate surface area is 246 Å². The maximum atomic E-state index is 14.0. The minimum Gasteiger partial charge on any atom is -0.378 e. The smallest absolute Gasteiger partial charge is 0.242 e. The third-order valence-electron chi connectivity index (χ3n) is 7.32. The molecule has 1 aromatic heterocycles. The van der Waals surface area contributed by atoms with Crippen LogP contribution in [0.3, 0.4) is 0 Å². The van der Waals surface area contributed by atoms with Crippen molar-refractivity contribution < 1.29 is 18.7 Å². The third kappa shape index (κ3) is 5.62. The summed E-state index contributed by atoms with van der Waals surface area (Å²) in [5, 5.41) is 5.33.